The molecule has 0 radical (unpaired) electrons. The summed E-state index contributed by atoms with van der Waals surface area (Å²) in [6.07, 6.45) is 4.14. The molecule has 7 nitrogen and oxygen atoms in total. The minimum atomic E-state index is -0.0410. The standard InChI is InChI=1S/C25H33N5O2.ClH/c1-16(2)18(4)30-23(31)10-7-20-15-27-25(29-24(20)30)28-17(3)19-5-8-21(9-6-19)32-22-11-13-26-14-12-22;/h5-10,15-18,22,26H,11-14H2,1-4H3,(H,27,28,29);1H/t17-,18-;/m0./s1. The molecule has 8 heteroatoms. The predicted molar refractivity (Wildman–Crippen MR) is 136 cm³/mol. The highest BCUT2D eigenvalue weighted by Gasteiger charge is 2.17. The van der Waals surface area contributed by atoms with Crippen LogP contribution in [0, 0.1) is 5.92 Å². The van der Waals surface area contributed by atoms with Crippen LogP contribution in [0.5, 0.6) is 5.75 Å². The third-order valence-electron chi connectivity index (χ3n) is 6.35. The van der Waals surface area contributed by atoms with Crippen LogP contribution in [-0.4, -0.2) is 33.7 Å². The van der Waals surface area contributed by atoms with Crippen LogP contribution in [0.25, 0.3) is 11.0 Å². The predicted octanol–water partition coefficient (Wildman–Crippen LogP) is 4.73. The number of hydrogen-bond acceptors (Lipinski definition) is 6. The van der Waals surface area contributed by atoms with E-state index >= 15 is 0 Å². The summed E-state index contributed by atoms with van der Waals surface area (Å²) < 4.78 is 7.87. The molecule has 0 amide bonds. The number of halogens is 1. The molecule has 0 unspecified atom stereocenters. The number of fused-ring (bicyclic) bond motifs is 1. The molecule has 4 rings (SSSR count). The Bertz CT molecular complexity index is 1110. The molecule has 0 bridgehead atoms. The summed E-state index contributed by atoms with van der Waals surface area (Å²) in [7, 11) is 0. The minimum absolute atomic E-state index is 0. The summed E-state index contributed by atoms with van der Waals surface area (Å²) in [6, 6.07) is 11.6. The topological polar surface area (TPSA) is 81.1 Å². The molecule has 0 spiro atoms. The molecule has 178 valence electrons. The van der Waals surface area contributed by atoms with Gasteiger partial charge in [0, 0.05) is 23.7 Å². The maximum Gasteiger partial charge on any atom is 0.252 e. The molecule has 2 atom stereocenters. The van der Waals surface area contributed by atoms with E-state index in [1.54, 1.807) is 22.9 Å². The van der Waals surface area contributed by atoms with Gasteiger partial charge >= 0.3 is 0 Å². The molecule has 2 aromatic heterocycles. The maximum atomic E-state index is 12.6. The second-order valence-corrected chi connectivity index (χ2v) is 9.00. The lowest BCUT2D eigenvalue weighted by molar-refractivity contribution is 0.162. The second kappa shape index (κ2) is 11.0. The van der Waals surface area contributed by atoms with Crippen molar-refractivity contribution < 1.29 is 4.74 Å². The summed E-state index contributed by atoms with van der Waals surface area (Å²) in [4.78, 5) is 21.8. The highest BCUT2D eigenvalue weighted by molar-refractivity contribution is 5.85. The van der Waals surface area contributed by atoms with Crippen molar-refractivity contribution in [3.8, 4) is 5.75 Å². The largest absolute Gasteiger partial charge is 0.490 e. The molecule has 1 aliphatic rings. The first-order chi connectivity index (χ1) is 15.4. The summed E-state index contributed by atoms with van der Waals surface area (Å²) in [5.41, 5.74) is 1.74. The Hall–Kier alpha value is -2.64. The zero-order valence-corrected chi connectivity index (χ0v) is 20.6. The van der Waals surface area contributed by atoms with Crippen LogP contribution in [0.1, 0.15) is 58.2 Å². The normalized spacial score (nSPS) is 16.3. The number of pyridine rings is 1. The molecule has 1 fully saturated rings. The number of nitrogens with zero attached hydrogens (tertiary/aromatic N) is 3. The van der Waals surface area contributed by atoms with Crippen molar-refractivity contribution in [1.82, 2.24) is 19.9 Å². The van der Waals surface area contributed by atoms with Crippen molar-refractivity contribution in [2.45, 2.75) is 58.7 Å². The van der Waals surface area contributed by atoms with Crippen molar-refractivity contribution >= 4 is 29.4 Å². The van der Waals surface area contributed by atoms with Crippen LogP contribution in [-0.2, 0) is 0 Å². The van der Waals surface area contributed by atoms with E-state index in [0.717, 1.165) is 42.6 Å². The van der Waals surface area contributed by atoms with Gasteiger partial charge in [-0.1, -0.05) is 26.0 Å². The molecule has 1 aromatic carbocycles. The van der Waals surface area contributed by atoms with Crippen molar-refractivity contribution in [3.05, 3.63) is 58.5 Å². The molecule has 3 heterocycles. The summed E-state index contributed by atoms with van der Waals surface area (Å²) in [5, 5.41) is 7.59. The van der Waals surface area contributed by atoms with E-state index in [1.807, 2.05) is 12.1 Å². The molecule has 33 heavy (non-hydrogen) atoms. The fourth-order valence-electron chi connectivity index (χ4n) is 4.02. The van der Waals surface area contributed by atoms with Crippen LogP contribution in [0.2, 0.25) is 0 Å². The number of benzene rings is 1. The zero-order chi connectivity index (χ0) is 22.7. The number of anilines is 1. The zero-order valence-electron chi connectivity index (χ0n) is 19.7. The van der Waals surface area contributed by atoms with Gasteiger partial charge in [-0.15, -0.1) is 12.4 Å². The first-order valence-corrected chi connectivity index (χ1v) is 11.5. The fraction of sp³-hybridized carbons (Fsp3) is 0.480. The number of piperidine rings is 1. The van der Waals surface area contributed by atoms with E-state index in [2.05, 4.69) is 55.4 Å². The lowest BCUT2D eigenvalue weighted by Gasteiger charge is -2.24. The van der Waals surface area contributed by atoms with E-state index in [1.165, 1.54) is 0 Å². The number of aromatic nitrogens is 3. The van der Waals surface area contributed by atoms with E-state index in [-0.39, 0.29) is 36.2 Å². The molecule has 1 aliphatic heterocycles. The van der Waals surface area contributed by atoms with E-state index < -0.39 is 0 Å². The number of rotatable bonds is 7. The lowest BCUT2D eigenvalue weighted by Crippen LogP contribution is -2.34. The molecule has 1 saturated heterocycles. The van der Waals surface area contributed by atoms with Gasteiger partial charge in [-0.05, 0) is 69.5 Å². The van der Waals surface area contributed by atoms with Gasteiger partial charge in [0.1, 0.15) is 17.5 Å². The van der Waals surface area contributed by atoms with Gasteiger partial charge in [0.2, 0.25) is 5.95 Å². The quantitative estimate of drug-likeness (QED) is 0.518. The van der Waals surface area contributed by atoms with Gasteiger partial charge in [0.15, 0.2) is 0 Å². The Balaban J connectivity index is 0.00000306. The number of hydrogen-bond donors (Lipinski definition) is 2. The smallest absolute Gasteiger partial charge is 0.252 e. The van der Waals surface area contributed by atoms with Gasteiger partial charge in [0.05, 0.1) is 6.04 Å². The third kappa shape index (κ3) is 5.84. The van der Waals surface area contributed by atoms with Crippen LogP contribution in [0.4, 0.5) is 5.95 Å². The Kier molecular flexibility index (Phi) is 8.32. The maximum absolute atomic E-state index is 12.6. The van der Waals surface area contributed by atoms with Gasteiger partial charge < -0.3 is 15.4 Å². The third-order valence-corrected chi connectivity index (χ3v) is 6.35. The van der Waals surface area contributed by atoms with Gasteiger partial charge in [-0.25, -0.2) is 4.98 Å². The van der Waals surface area contributed by atoms with E-state index in [4.69, 9.17) is 9.72 Å². The summed E-state index contributed by atoms with van der Waals surface area (Å²) >= 11 is 0. The fourth-order valence-corrected chi connectivity index (χ4v) is 4.02. The molecule has 0 aliphatic carbocycles. The Morgan fingerprint density at radius 2 is 1.76 bits per heavy atom. The molecular weight excluding hydrogens is 438 g/mol. The molecular formula is C25H34ClN5O2. The number of nitrogens with one attached hydrogen (secondary N) is 2. The summed E-state index contributed by atoms with van der Waals surface area (Å²) in [6.45, 7) is 10.4. The first-order valence-electron chi connectivity index (χ1n) is 11.5. The van der Waals surface area contributed by atoms with Gasteiger partial charge in [-0.3, -0.25) is 9.36 Å². The van der Waals surface area contributed by atoms with Crippen molar-refractivity contribution in [2.75, 3.05) is 18.4 Å². The van der Waals surface area contributed by atoms with Crippen molar-refractivity contribution in [3.63, 3.8) is 0 Å². The van der Waals surface area contributed by atoms with Crippen molar-refractivity contribution in [1.29, 1.82) is 0 Å². The summed E-state index contributed by atoms with van der Waals surface area (Å²) in [5.74, 6) is 1.73. The molecule has 2 N–H and O–H groups in total. The Morgan fingerprint density at radius 1 is 1.06 bits per heavy atom. The lowest BCUT2D eigenvalue weighted by atomic mass is 10.1. The average Bonchev–Trinajstić information content (AvgIpc) is 2.79. The van der Waals surface area contributed by atoms with Crippen LogP contribution < -0.4 is 20.9 Å². The SMILES string of the molecule is CC(C)[C@H](C)n1c(=O)ccc2cnc(N[C@@H](C)c3ccc(OC4CCNCC4)cc3)nc21.Cl. The van der Waals surface area contributed by atoms with Crippen LogP contribution in [0.15, 0.2) is 47.4 Å². The van der Waals surface area contributed by atoms with Crippen LogP contribution in [0.3, 0.4) is 0 Å². The van der Waals surface area contributed by atoms with E-state index in [9.17, 15) is 4.79 Å². The minimum Gasteiger partial charge on any atom is -0.490 e. The van der Waals surface area contributed by atoms with Crippen LogP contribution >= 0.6 is 12.4 Å². The first kappa shape index (κ1) is 25.0. The van der Waals surface area contributed by atoms with E-state index in [0.29, 0.717) is 17.5 Å². The van der Waals surface area contributed by atoms with Crippen molar-refractivity contribution in [2.24, 2.45) is 5.92 Å². The molecule has 0 saturated carbocycles. The second-order valence-electron chi connectivity index (χ2n) is 9.00. The Morgan fingerprint density at radius 3 is 2.42 bits per heavy atom. The van der Waals surface area contributed by atoms with Gasteiger partial charge in [-0.2, -0.15) is 4.98 Å². The van der Waals surface area contributed by atoms with Gasteiger partial charge in [0.25, 0.3) is 5.56 Å². The monoisotopic (exact) mass is 471 g/mol. The highest BCUT2D eigenvalue weighted by Crippen LogP contribution is 2.24. The number of ether oxygens (including phenoxy) is 1. The average molecular weight is 472 g/mol. The molecule has 3 aromatic rings. The Labute approximate surface area is 201 Å². The highest BCUT2D eigenvalue weighted by atomic mass is 35.5.